The Kier molecular flexibility index (Phi) is 8.53. The Hall–Kier alpha value is 0.000000000000000222. The van der Waals surface area contributed by atoms with Gasteiger partial charge in [-0.3, -0.25) is 14.7 Å². The predicted octanol–water partition coefficient (Wildman–Crippen LogP) is -5.23. The fourth-order valence-electron chi connectivity index (χ4n) is 1.01. The summed E-state index contributed by atoms with van der Waals surface area (Å²) in [5, 5.41) is 19.0. The molecule has 8 nitrogen and oxygen atoms in total. The van der Waals surface area contributed by atoms with Gasteiger partial charge in [0.15, 0.2) is 0 Å². The van der Waals surface area contributed by atoms with Crippen molar-refractivity contribution in [2.24, 2.45) is 0 Å². The minimum atomic E-state index is -4.59. The van der Waals surface area contributed by atoms with Gasteiger partial charge < -0.3 is 7.96 Å². The smallest absolute Gasteiger partial charge is 1.00 e. The van der Waals surface area contributed by atoms with E-state index >= 15 is 0 Å². The van der Waals surface area contributed by atoms with Gasteiger partial charge in [0.1, 0.15) is 5.56 Å². The minimum absolute atomic E-state index is 0. The van der Waals surface area contributed by atoms with Gasteiger partial charge in [0.25, 0.3) is 15.8 Å². The van der Waals surface area contributed by atoms with Crippen LogP contribution in [-0.4, -0.2) is 29.0 Å². The zero-order valence-corrected chi connectivity index (χ0v) is 14.3. The molecule has 0 aliphatic carbocycles. The summed E-state index contributed by atoms with van der Waals surface area (Å²) >= 11 is 0. The monoisotopic (exact) mass is 295 g/mol. The van der Waals surface area contributed by atoms with Crippen LogP contribution < -0.4 is 59.1 Å². The third kappa shape index (κ3) is 4.94. The van der Waals surface area contributed by atoms with Gasteiger partial charge in [-0.1, -0.05) is 0 Å². The van der Waals surface area contributed by atoms with Gasteiger partial charge in [0.2, 0.25) is 0 Å². The van der Waals surface area contributed by atoms with Crippen LogP contribution >= 0.6 is 0 Å². The Bertz CT molecular complexity index is 581. The molecule has 2 N–H and O–H groups in total. The van der Waals surface area contributed by atoms with E-state index in [0.29, 0.717) is 12.1 Å². The van der Waals surface area contributed by atoms with Gasteiger partial charge in [0.05, 0.1) is 9.82 Å². The van der Waals surface area contributed by atoms with E-state index in [1.54, 1.807) is 0 Å². The molecule has 11 heteroatoms. The van der Waals surface area contributed by atoms with Crippen LogP contribution in [0.1, 0.15) is 13.2 Å². The number of nitro benzene ring substituents is 1. The van der Waals surface area contributed by atoms with Crippen LogP contribution in [0, 0.1) is 10.1 Å². The molecule has 0 unspecified atom stereocenters. The Labute approximate surface area is 149 Å². The third-order valence-electron chi connectivity index (χ3n) is 1.69. The molecule has 90 valence electrons. The number of hydrogen-bond acceptors (Lipinski definition) is 5. The minimum Gasteiger partial charge on any atom is -1.00 e. The number of benzene rings is 1. The fourth-order valence-corrected chi connectivity index (χ4v) is 1.51. The van der Waals surface area contributed by atoms with Gasteiger partial charge in [-0.05, 0) is 12.1 Å². The maximum atomic E-state index is 10.7. The summed E-state index contributed by atoms with van der Waals surface area (Å²) in [6.45, 7) is 0. The van der Waals surface area contributed by atoms with E-state index in [2.05, 4.69) is 0 Å². The van der Waals surface area contributed by atoms with Crippen LogP contribution in [0.15, 0.2) is 23.1 Å². The molecule has 1 aromatic carbocycles. The summed E-state index contributed by atoms with van der Waals surface area (Å²) in [6, 6.07) is 1.97. The summed E-state index contributed by atoms with van der Waals surface area (Å²) in [5.41, 5.74) is -1.56. The number of nitro groups is 1. The van der Waals surface area contributed by atoms with Crippen molar-refractivity contribution in [2.45, 2.75) is 4.90 Å². The van der Waals surface area contributed by atoms with Crippen molar-refractivity contribution in [1.82, 2.24) is 0 Å². The van der Waals surface area contributed by atoms with Crippen LogP contribution in [-0.2, 0) is 10.1 Å². The summed E-state index contributed by atoms with van der Waals surface area (Å²) in [5.74, 6) is -1.66. The van der Waals surface area contributed by atoms with Crippen molar-refractivity contribution in [3.05, 3.63) is 33.9 Å². The molecule has 0 saturated carbocycles. The van der Waals surface area contributed by atoms with Gasteiger partial charge in [0, 0.05) is 6.07 Å². The van der Waals surface area contributed by atoms with Crippen molar-refractivity contribution in [2.75, 3.05) is 0 Å². The zero-order chi connectivity index (χ0) is 12.5. The quantitative estimate of drug-likeness (QED) is 0.246. The first-order valence-electron chi connectivity index (χ1n) is 3.72. The number of nitrogens with zero attached hydrogens (tertiary/aromatic N) is 1. The number of aromatic carboxylic acids is 1. The predicted molar refractivity (Wildman–Crippen MR) is 52.1 cm³/mol. The number of carboxylic acids is 1. The molecule has 0 saturated heterocycles. The second kappa shape index (κ2) is 7.56. The van der Waals surface area contributed by atoms with Crippen LogP contribution in [0.3, 0.4) is 0 Å². The third-order valence-corrected chi connectivity index (χ3v) is 2.54. The molecule has 1 aromatic rings. The Morgan fingerprint density at radius 2 is 1.83 bits per heavy atom. The maximum Gasteiger partial charge on any atom is 1.00 e. The van der Waals surface area contributed by atoms with Crippen molar-refractivity contribution in [3.63, 3.8) is 0 Å². The summed E-state index contributed by atoms with van der Waals surface area (Å²) in [7, 11) is -4.59. The summed E-state index contributed by atoms with van der Waals surface area (Å²) in [4.78, 5) is 19.4. The van der Waals surface area contributed by atoms with Crippen molar-refractivity contribution in [1.29, 1.82) is 0 Å². The zero-order valence-electron chi connectivity index (χ0n) is 11.5. The van der Waals surface area contributed by atoms with E-state index in [0.717, 1.165) is 6.07 Å². The first-order chi connectivity index (χ1) is 7.23. The molecule has 0 radical (unpaired) electrons. The normalized spacial score (nSPS) is 9.83. The van der Waals surface area contributed by atoms with E-state index in [9.17, 15) is 23.3 Å². The van der Waals surface area contributed by atoms with E-state index in [1.165, 1.54) is 0 Å². The topological polar surface area (TPSA) is 135 Å². The first-order valence-corrected chi connectivity index (χ1v) is 5.16. The molecule has 0 fully saturated rings. The van der Waals surface area contributed by atoms with E-state index in [4.69, 9.17) is 9.66 Å². The summed E-state index contributed by atoms with van der Waals surface area (Å²) in [6.07, 6.45) is 0. The first kappa shape index (κ1) is 20.3. The SMILES string of the molecule is O=C(O)c1cc(S(=O)(=O)O)ccc1[N+](=O)[O-].[H-].[H-].[Na+].[Na+]. The molecule has 0 heterocycles. The van der Waals surface area contributed by atoms with Gasteiger partial charge >= 0.3 is 65.1 Å². The molecule has 18 heavy (non-hydrogen) atoms. The van der Waals surface area contributed by atoms with Gasteiger partial charge in [-0.2, -0.15) is 8.42 Å². The van der Waals surface area contributed by atoms with Crippen molar-refractivity contribution < 1.29 is 89.8 Å². The Balaban J connectivity index is -0.000000320. The average Bonchev–Trinajstić information content (AvgIpc) is 2.15. The van der Waals surface area contributed by atoms with Gasteiger partial charge in [-0.25, -0.2) is 4.79 Å². The van der Waals surface area contributed by atoms with Crippen molar-refractivity contribution in [3.8, 4) is 0 Å². The second-order valence-electron chi connectivity index (χ2n) is 2.72. The van der Waals surface area contributed by atoms with Gasteiger partial charge in [-0.15, -0.1) is 0 Å². The van der Waals surface area contributed by atoms with Crippen molar-refractivity contribution >= 4 is 21.8 Å². The molecular weight excluding hydrogens is 288 g/mol. The molecular formula is C7H7NNa2O7S. The Morgan fingerprint density at radius 1 is 1.33 bits per heavy atom. The van der Waals surface area contributed by atoms with Crippen LogP contribution in [0.4, 0.5) is 5.69 Å². The molecule has 0 atom stereocenters. The van der Waals surface area contributed by atoms with E-state index in [-0.39, 0.29) is 62.0 Å². The number of hydrogen-bond donors (Lipinski definition) is 2. The molecule has 0 aliphatic heterocycles. The van der Waals surface area contributed by atoms with E-state index < -0.39 is 37.2 Å². The molecule has 1 rings (SSSR count). The van der Waals surface area contributed by atoms with Crippen LogP contribution in [0.25, 0.3) is 0 Å². The molecule has 0 spiro atoms. The maximum absolute atomic E-state index is 10.7. The summed E-state index contributed by atoms with van der Waals surface area (Å²) < 4.78 is 30.0. The molecule has 0 bridgehead atoms. The largest absolute Gasteiger partial charge is 1.00 e. The van der Waals surface area contributed by atoms with Crippen LogP contribution in [0.2, 0.25) is 0 Å². The number of rotatable bonds is 3. The number of carbonyl (C=O) groups is 1. The molecule has 0 amide bonds. The molecule has 0 aliphatic rings. The Morgan fingerprint density at radius 3 is 2.17 bits per heavy atom. The second-order valence-corrected chi connectivity index (χ2v) is 4.14. The average molecular weight is 295 g/mol. The fraction of sp³-hybridized carbons (Fsp3) is 0. The van der Waals surface area contributed by atoms with Crippen LogP contribution in [0.5, 0.6) is 0 Å². The number of carboxylic acid groups (broad SMARTS) is 1. The van der Waals surface area contributed by atoms with E-state index in [1.807, 2.05) is 0 Å². The standard InChI is InChI=1S/C7H5NO7S.2Na.2H/c9-7(10)5-3-4(16(13,14)15)1-2-6(5)8(11)12;;;;/h1-3H,(H,9,10)(H,13,14,15);;;;/q;2*+1;2*-1. The molecule has 0 aromatic heterocycles.